The summed E-state index contributed by atoms with van der Waals surface area (Å²) in [7, 11) is -4.68. The average Bonchev–Trinajstić information content (AvgIpc) is 2.83. The molecule has 4 aromatic carbocycles. The van der Waals surface area contributed by atoms with E-state index in [0.29, 0.717) is 16.8 Å². The molecule has 13 heteroatoms. The standard InChI is InChI=1S/C24H18N4O7S.Na/c29-17-6-9-19(22(31)12-17)26-25-16-4-1-14(2-5-16)15-3-8-21(24(11-15)36(33,34)35)28-27-20-10-7-18(30)13-23(20)32;/h1-13,29-32H,(H,33,34,35);/q;+1/p-1. The van der Waals surface area contributed by atoms with Crippen molar-refractivity contribution < 1.29 is 63.0 Å². The molecular formula is C24H17N4NaO7S. The van der Waals surface area contributed by atoms with Gasteiger partial charge in [-0.2, -0.15) is 13.5 Å². The van der Waals surface area contributed by atoms with Crippen LogP contribution < -0.4 is 34.7 Å². The fourth-order valence-corrected chi connectivity index (χ4v) is 3.76. The molecule has 0 unspecified atom stereocenters. The van der Waals surface area contributed by atoms with E-state index in [1.165, 1.54) is 36.4 Å². The Morgan fingerprint density at radius 2 is 1.16 bits per heavy atom. The minimum atomic E-state index is -4.68. The van der Waals surface area contributed by atoms with Crippen LogP contribution in [-0.2, 0) is 10.1 Å². The van der Waals surface area contributed by atoms with E-state index < -0.39 is 15.0 Å². The number of phenolic OH excluding ortho intramolecular Hbond substituents is 3. The number of nitrogens with zero attached hydrogens (tertiary/aromatic N) is 4. The van der Waals surface area contributed by atoms with Gasteiger partial charge in [0, 0.05) is 6.07 Å². The second-order valence-electron chi connectivity index (χ2n) is 7.43. The van der Waals surface area contributed by atoms with Crippen LogP contribution in [0.3, 0.4) is 0 Å². The zero-order valence-electron chi connectivity index (χ0n) is 19.2. The number of hydrogen-bond donors (Lipinski definition) is 4. The van der Waals surface area contributed by atoms with E-state index in [0.717, 1.165) is 12.1 Å². The number of azo groups is 2. The van der Waals surface area contributed by atoms with E-state index in [4.69, 9.17) is 0 Å². The Morgan fingerprint density at radius 3 is 1.78 bits per heavy atom. The Hall–Kier alpha value is -3.81. The topological polar surface area (TPSA) is 188 Å². The third-order valence-electron chi connectivity index (χ3n) is 4.88. The molecule has 0 saturated heterocycles. The maximum Gasteiger partial charge on any atom is 1.00 e. The molecule has 0 atom stereocenters. The van der Waals surface area contributed by atoms with Crippen molar-refractivity contribution in [3.8, 4) is 34.1 Å². The third-order valence-corrected chi connectivity index (χ3v) is 5.77. The second-order valence-corrected chi connectivity index (χ2v) is 8.82. The van der Waals surface area contributed by atoms with E-state index in [1.54, 1.807) is 30.3 Å². The molecule has 0 bridgehead atoms. The second kappa shape index (κ2) is 11.5. The minimum absolute atomic E-state index is 0. The predicted molar refractivity (Wildman–Crippen MR) is 127 cm³/mol. The van der Waals surface area contributed by atoms with E-state index in [2.05, 4.69) is 20.5 Å². The molecule has 0 spiro atoms. The van der Waals surface area contributed by atoms with Gasteiger partial charge in [0.15, 0.2) is 0 Å². The van der Waals surface area contributed by atoms with Crippen LogP contribution in [0.1, 0.15) is 0 Å². The van der Waals surface area contributed by atoms with Crippen molar-refractivity contribution in [3.05, 3.63) is 78.9 Å². The van der Waals surface area contributed by atoms with Crippen LogP contribution in [0.2, 0.25) is 0 Å². The van der Waals surface area contributed by atoms with E-state index in [-0.39, 0.29) is 69.6 Å². The maximum absolute atomic E-state index is 12.0. The molecule has 0 amide bonds. The van der Waals surface area contributed by atoms with Gasteiger partial charge in [-0.1, -0.05) is 24.3 Å². The van der Waals surface area contributed by atoms with Crippen molar-refractivity contribution in [3.63, 3.8) is 0 Å². The smallest absolute Gasteiger partial charge is 0.872 e. The Morgan fingerprint density at radius 1 is 0.622 bits per heavy atom. The first kappa shape index (κ1) is 27.8. The van der Waals surface area contributed by atoms with Crippen molar-refractivity contribution in [2.24, 2.45) is 20.5 Å². The van der Waals surface area contributed by atoms with Crippen LogP contribution >= 0.6 is 0 Å². The Balaban J connectivity index is 0.00000380. The van der Waals surface area contributed by atoms with Gasteiger partial charge in [-0.05, 0) is 59.7 Å². The zero-order chi connectivity index (χ0) is 25.9. The number of aromatic hydroxyl groups is 3. The van der Waals surface area contributed by atoms with Crippen LogP contribution in [0.25, 0.3) is 11.1 Å². The molecule has 0 aromatic heterocycles. The molecule has 0 radical (unpaired) electrons. The number of rotatable bonds is 6. The molecule has 182 valence electrons. The van der Waals surface area contributed by atoms with Gasteiger partial charge in [-0.15, -0.1) is 21.1 Å². The van der Waals surface area contributed by atoms with Crippen molar-refractivity contribution in [2.45, 2.75) is 4.90 Å². The fraction of sp³-hybridized carbons (Fsp3) is 0. The van der Waals surface area contributed by atoms with Gasteiger partial charge in [0.1, 0.15) is 39.2 Å². The molecule has 4 aromatic rings. The Labute approximate surface area is 233 Å². The zero-order valence-corrected chi connectivity index (χ0v) is 22.0. The Kier molecular flexibility index (Phi) is 8.63. The van der Waals surface area contributed by atoms with Crippen LogP contribution in [0.5, 0.6) is 23.0 Å². The molecule has 37 heavy (non-hydrogen) atoms. The number of hydrogen-bond acceptors (Lipinski definition) is 10. The molecule has 4 rings (SSSR count). The van der Waals surface area contributed by atoms with E-state index >= 15 is 0 Å². The van der Waals surface area contributed by atoms with E-state index in [1.807, 2.05) is 0 Å². The van der Waals surface area contributed by atoms with Crippen LogP contribution in [0.15, 0.2) is 104 Å². The molecule has 0 saturated carbocycles. The van der Waals surface area contributed by atoms with Gasteiger partial charge >= 0.3 is 29.6 Å². The van der Waals surface area contributed by atoms with Crippen molar-refractivity contribution in [2.75, 3.05) is 0 Å². The predicted octanol–water partition coefficient (Wildman–Crippen LogP) is 2.63. The summed E-state index contributed by atoms with van der Waals surface area (Å²) in [6.45, 7) is 0. The van der Waals surface area contributed by atoms with Gasteiger partial charge in [0.25, 0.3) is 10.1 Å². The molecule has 0 heterocycles. The van der Waals surface area contributed by atoms with Gasteiger partial charge in [0.2, 0.25) is 0 Å². The quantitative estimate of drug-likeness (QED) is 0.168. The van der Waals surface area contributed by atoms with Gasteiger partial charge in [-0.25, -0.2) is 0 Å². The molecule has 0 fully saturated rings. The molecule has 0 aliphatic carbocycles. The fourth-order valence-electron chi connectivity index (χ4n) is 3.11. The molecule has 0 aliphatic heterocycles. The van der Waals surface area contributed by atoms with Gasteiger partial charge in [0.05, 0.1) is 5.69 Å². The summed E-state index contributed by atoms with van der Waals surface area (Å²) in [5.74, 6) is -1.19. The first-order valence-electron chi connectivity index (χ1n) is 10.2. The first-order valence-corrected chi connectivity index (χ1v) is 11.6. The summed E-state index contributed by atoms with van der Waals surface area (Å²) >= 11 is 0. The van der Waals surface area contributed by atoms with Crippen molar-refractivity contribution >= 4 is 32.9 Å². The summed E-state index contributed by atoms with van der Waals surface area (Å²) < 4.78 is 33.7. The summed E-state index contributed by atoms with van der Waals surface area (Å²) in [6, 6.07) is 17.9. The SMILES string of the molecule is O=S(=O)(O)c1cc(-c2ccc(N=Nc3ccc([O-])cc3O)cc2)ccc1N=Nc1ccc(O)cc1O.[Na+]. The number of phenols is 3. The maximum atomic E-state index is 12.0. The largest absolute Gasteiger partial charge is 1.00 e. The van der Waals surface area contributed by atoms with Crippen molar-refractivity contribution in [1.82, 2.24) is 0 Å². The Bertz CT molecular complexity index is 1610. The van der Waals surface area contributed by atoms with Crippen LogP contribution in [0, 0.1) is 0 Å². The minimum Gasteiger partial charge on any atom is -0.872 e. The summed E-state index contributed by atoms with van der Waals surface area (Å²) in [4.78, 5) is -0.497. The summed E-state index contributed by atoms with van der Waals surface area (Å²) in [5, 5.41) is 55.6. The normalized spacial score (nSPS) is 11.6. The molecular weight excluding hydrogens is 511 g/mol. The summed E-state index contributed by atoms with van der Waals surface area (Å²) in [6.07, 6.45) is 0. The molecule has 0 aliphatic rings. The monoisotopic (exact) mass is 528 g/mol. The summed E-state index contributed by atoms with van der Waals surface area (Å²) in [5.41, 5.74) is 1.42. The third kappa shape index (κ3) is 6.90. The van der Waals surface area contributed by atoms with Crippen LogP contribution in [-0.4, -0.2) is 28.3 Å². The van der Waals surface area contributed by atoms with Crippen molar-refractivity contribution in [1.29, 1.82) is 0 Å². The molecule has 11 nitrogen and oxygen atoms in total. The van der Waals surface area contributed by atoms with Crippen LogP contribution in [0.4, 0.5) is 22.7 Å². The molecule has 4 N–H and O–H groups in total. The number of benzene rings is 4. The average molecular weight is 528 g/mol. The van der Waals surface area contributed by atoms with E-state index in [9.17, 15) is 33.4 Å². The van der Waals surface area contributed by atoms with Gasteiger partial charge in [-0.3, -0.25) is 4.55 Å². The first-order chi connectivity index (χ1) is 17.1. The van der Waals surface area contributed by atoms with Gasteiger partial charge < -0.3 is 20.4 Å².